The number of aliphatic imine (C=N–C) groups is 1. The Hall–Kier alpha value is -1.55. The zero-order chi connectivity index (χ0) is 19.5. The number of guanidine groups is 1. The van der Waals surface area contributed by atoms with E-state index in [1.54, 1.807) is 20.9 Å². The molecule has 8 heteroatoms. The van der Waals surface area contributed by atoms with Crippen LogP contribution in [0.4, 0.5) is 0 Å². The van der Waals surface area contributed by atoms with E-state index in [2.05, 4.69) is 22.4 Å². The molecule has 154 valence electrons. The van der Waals surface area contributed by atoms with Crippen LogP contribution in [0.5, 0.6) is 5.75 Å². The van der Waals surface area contributed by atoms with Gasteiger partial charge in [0.1, 0.15) is 12.4 Å². The van der Waals surface area contributed by atoms with Gasteiger partial charge in [0.25, 0.3) is 0 Å². The van der Waals surface area contributed by atoms with Gasteiger partial charge in [0.15, 0.2) is 15.8 Å². The van der Waals surface area contributed by atoms with Crippen LogP contribution in [-0.2, 0) is 9.84 Å². The summed E-state index contributed by atoms with van der Waals surface area (Å²) < 4.78 is 29.4. The van der Waals surface area contributed by atoms with Crippen molar-refractivity contribution in [2.75, 3.05) is 39.0 Å². The average molecular weight is 517 g/mol. The number of fused-ring (bicyclic) bond motifs is 1. The summed E-state index contributed by atoms with van der Waals surface area (Å²) in [7, 11) is -1.35. The summed E-state index contributed by atoms with van der Waals surface area (Å²) in [5, 5.41) is 5.60. The van der Waals surface area contributed by atoms with E-state index in [-0.39, 0.29) is 29.7 Å². The van der Waals surface area contributed by atoms with Crippen molar-refractivity contribution in [2.45, 2.75) is 18.6 Å². The van der Waals surface area contributed by atoms with Gasteiger partial charge in [0, 0.05) is 20.1 Å². The maximum absolute atomic E-state index is 12.2. The maximum Gasteiger partial charge on any atom is 0.193 e. The molecule has 1 fully saturated rings. The van der Waals surface area contributed by atoms with Gasteiger partial charge in [0.05, 0.1) is 17.0 Å². The zero-order valence-corrected chi connectivity index (χ0v) is 19.7. The van der Waals surface area contributed by atoms with Crippen molar-refractivity contribution in [3.63, 3.8) is 0 Å². The van der Waals surface area contributed by atoms with Gasteiger partial charge < -0.3 is 15.0 Å². The van der Waals surface area contributed by atoms with E-state index < -0.39 is 14.6 Å². The summed E-state index contributed by atoms with van der Waals surface area (Å²) >= 11 is 0. The summed E-state index contributed by atoms with van der Waals surface area (Å²) in [4.78, 5) is 6.29. The molecule has 0 aliphatic carbocycles. The first-order valence-electron chi connectivity index (χ1n) is 9.12. The molecular weight excluding hydrogens is 489 g/mol. The molecule has 1 aliphatic heterocycles. The summed E-state index contributed by atoms with van der Waals surface area (Å²) in [6.45, 7) is 5.50. The summed E-state index contributed by atoms with van der Waals surface area (Å²) in [5.41, 5.74) is 0. The molecule has 1 aliphatic rings. The highest BCUT2D eigenvalue weighted by atomic mass is 127. The number of ether oxygens (including phenoxy) is 1. The second-order valence-electron chi connectivity index (χ2n) is 7.33. The molecular formula is C20H28IN3O3S. The molecule has 6 nitrogen and oxygen atoms in total. The monoisotopic (exact) mass is 517 g/mol. The van der Waals surface area contributed by atoms with E-state index in [0.717, 1.165) is 11.1 Å². The smallest absolute Gasteiger partial charge is 0.193 e. The van der Waals surface area contributed by atoms with Crippen LogP contribution in [0.2, 0.25) is 0 Å². The van der Waals surface area contributed by atoms with E-state index in [4.69, 9.17) is 4.74 Å². The first kappa shape index (κ1) is 22.7. The quantitative estimate of drug-likeness (QED) is 0.293. The lowest BCUT2D eigenvalue weighted by Crippen LogP contribution is -2.57. The molecule has 0 saturated carbocycles. The van der Waals surface area contributed by atoms with E-state index >= 15 is 0 Å². The van der Waals surface area contributed by atoms with Crippen molar-refractivity contribution in [2.24, 2.45) is 4.99 Å². The van der Waals surface area contributed by atoms with E-state index in [9.17, 15) is 8.42 Å². The summed E-state index contributed by atoms with van der Waals surface area (Å²) in [6.07, 6.45) is 0. The first-order chi connectivity index (χ1) is 12.8. The van der Waals surface area contributed by atoms with Gasteiger partial charge in [-0.15, -0.1) is 24.0 Å². The highest BCUT2D eigenvalue weighted by Crippen LogP contribution is 2.24. The van der Waals surface area contributed by atoms with Crippen molar-refractivity contribution in [1.82, 2.24) is 10.2 Å². The Kier molecular flexibility index (Phi) is 7.55. The molecule has 0 radical (unpaired) electrons. The van der Waals surface area contributed by atoms with Crippen molar-refractivity contribution < 1.29 is 13.2 Å². The number of hydrogen-bond donors (Lipinski definition) is 1. The van der Waals surface area contributed by atoms with Crippen molar-refractivity contribution in [3.8, 4) is 5.75 Å². The van der Waals surface area contributed by atoms with Gasteiger partial charge in [-0.3, -0.25) is 4.99 Å². The first-order valence-corrected chi connectivity index (χ1v) is 10.8. The van der Waals surface area contributed by atoms with Crippen LogP contribution in [-0.4, -0.2) is 63.1 Å². The number of rotatable bonds is 4. The van der Waals surface area contributed by atoms with Gasteiger partial charge in [-0.1, -0.05) is 30.3 Å². The minimum absolute atomic E-state index is 0. The minimum Gasteiger partial charge on any atom is -0.492 e. The molecule has 3 rings (SSSR count). The lowest BCUT2D eigenvalue weighted by atomic mass is 10.1. The normalized spacial score (nSPS) is 18.4. The highest BCUT2D eigenvalue weighted by molar-refractivity contribution is 14.0. The van der Waals surface area contributed by atoms with Crippen LogP contribution in [0.3, 0.4) is 0 Å². The number of nitrogens with one attached hydrogen (secondary N) is 1. The molecule has 1 heterocycles. The molecule has 28 heavy (non-hydrogen) atoms. The molecule has 2 aromatic rings. The van der Waals surface area contributed by atoms with Gasteiger partial charge in [-0.05, 0) is 36.8 Å². The van der Waals surface area contributed by atoms with Crippen LogP contribution >= 0.6 is 24.0 Å². The Morgan fingerprint density at radius 2 is 1.93 bits per heavy atom. The molecule has 0 atom stereocenters. The van der Waals surface area contributed by atoms with Crippen LogP contribution in [0.25, 0.3) is 10.8 Å². The standard InChI is InChI=1S/C20H27N3O3S.HI/c1-20(2)15-23(11-13-27(20,24)25)19(21-3)22-10-12-26-18-9-8-16-6-4-5-7-17(16)14-18;/h4-9,14H,10-13,15H2,1-3H3,(H,21,22);1H. The second kappa shape index (κ2) is 9.30. The fourth-order valence-electron chi connectivity index (χ4n) is 3.25. The summed E-state index contributed by atoms with van der Waals surface area (Å²) in [6, 6.07) is 14.2. The Labute approximate surface area is 184 Å². The van der Waals surface area contributed by atoms with Crippen molar-refractivity contribution in [1.29, 1.82) is 0 Å². The maximum atomic E-state index is 12.2. The molecule has 0 amide bonds. The number of halogens is 1. The van der Waals surface area contributed by atoms with E-state index in [1.165, 1.54) is 5.39 Å². The van der Waals surface area contributed by atoms with E-state index in [1.807, 2.05) is 35.2 Å². The van der Waals surface area contributed by atoms with Gasteiger partial charge in [-0.2, -0.15) is 0 Å². The van der Waals surface area contributed by atoms with Crippen LogP contribution in [0.15, 0.2) is 47.5 Å². The Balaban J connectivity index is 0.00000280. The summed E-state index contributed by atoms with van der Waals surface area (Å²) in [5.74, 6) is 1.68. The Bertz CT molecular complexity index is 945. The zero-order valence-electron chi connectivity index (χ0n) is 16.5. The molecule has 1 N–H and O–H groups in total. The largest absolute Gasteiger partial charge is 0.492 e. The fourth-order valence-corrected chi connectivity index (χ4v) is 4.61. The highest BCUT2D eigenvalue weighted by Gasteiger charge is 2.40. The van der Waals surface area contributed by atoms with Crippen LogP contribution < -0.4 is 10.1 Å². The van der Waals surface area contributed by atoms with Gasteiger partial charge in [-0.25, -0.2) is 8.42 Å². The molecule has 0 aromatic heterocycles. The average Bonchev–Trinajstić information content (AvgIpc) is 2.64. The predicted octanol–water partition coefficient (Wildman–Crippen LogP) is 2.92. The lowest BCUT2D eigenvalue weighted by Gasteiger charge is -2.39. The Morgan fingerprint density at radius 3 is 2.61 bits per heavy atom. The number of sulfone groups is 1. The van der Waals surface area contributed by atoms with E-state index in [0.29, 0.717) is 32.2 Å². The number of hydrogen-bond acceptors (Lipinski definition) is 4. The second-order valence-corrected chi connectivity index (χ2v) is 10.1. The lowest BCUT2D eigenvalue weighted by molar-refractivity contribution is 0.313. The number of nitrogens with zero attached hydrogens (tertiary/aromatic N) is 2. The van der Waals surface area contributed by atoms with Crippen molar-refractivity contribution in [3.05, 3.63) is 42.5 Å². The molecule has 1 saturated heterocycles. The van der Waals surface area contributed by atoms with Gasteiger partial charge >= 0.3 is 0 Å². The predicted molar refractivity (Wildman–Crippen MR) is 126 cm³/mol. The fraction of sp³-hybridized carbons (Fsp3) is 0.450. The topological polar surface area (TPSA) is 71.0 Å². The van der Waals surface area contributed by atoms with Gasteiger partial charge in [0.2, 0.25) is 0 Å². The molecule has 2 aromatic carbocycles. The van der Waals surface area contributed by atoms with Crippen LogP contribution in [0, 0.1) is 0 Å². The third-order valence-electron chi connectivity index (χ3n) is 4.93. The molecule has 0 spiro atoms. The third kappa shape index (κ3) is 5.08. The third-order valence-corrected chi connectivity index (χ3v) is 7.46. The molecule has 0 bridgehead atoms. The number of benzene rings is 2. The minimum atomic E-state index is -3.06. The Morgan fingerprint density at radius 1 is 1.21 bits per heavy atom. The van der Waals surface area contributed by atoms with Crippen LogP contribution in [0.1, 0.15) is 13.8 Å². The molecule has 0 unspecified atom stereocenters. The van der Waals surface area contributed by atoms with Crippen molar-refractivity contribution >= 4 is 50.5 Å². The SMILES string of the molecule is CN=C(NCCOc1ccc2ccccc2c1)N1CCS(=O)(=O)C(C)(C)C1.I.